The predicted octanol–water partition coefficient (Wildman–Crippen LogP) is 1.91. The Hall–Kier alpha value is -2.31. The van der Waals surface area contributed by atoms with E-state index >= 15 is 0 Å². The monoisotopic (exact) mass is 307 g/mol. The highest BCUT2D eigenvalue weighted by atomic mass is 16.6. The lowest BCUT2D eigenvalue weighted by Crippen LogP contribution is -2.51. The minimum atomic E-state index is -0.459. The van der Waals surface area contributed by atoms with Crippen LogP contribution in [0, 0.1) is 16.0 Å². The molecular formula is C15H21N3O4. The summed E-state index contributed by atoms with van der Waals surface area (Å²) < 4.78 is 5.08. The Morgan fingerprint density at radius 3 is 2.64 bits per heavy atom. The molecule has 1 aromatic carbocycles. The molecule has 1 aromatic rings. The Kier molecular flexibility index (Phi) is 4.85. The number of carbonyl (C=O) groups excluding carboxylic acids is 1. The van der Waals surface area contributed by atoms with Crippen LogP contribution in [0.1, 0.15) is 13.8 Å². The first-order valence-electron chi connectivity index (χ1n) is 7.28. The minimum absolute atomic E-state index is 0.00271. The second kappa shape index (κ2) is 6.64. The molecule has 1 amide bonds. The smallest absolute Gasteiger partial charge is 0.333 e. The molecule has 0 N–H and O–H groups in total. The van der Waals surface area contributed by atoms with Crippen LogP contribution in [0.2, 0.25) is 0 Å². The molecule has 1 saturated heterocycles. The summed E-state index contributed by atoms with van der Waals surface area (Å²) in [7, 11) is 1.40. The number of nitrogens with zero attached hydrogens (tertiary/aromatic N) is 3. The van der Waals surface area contributed by atoms with Crippen LogP contribution in [-0.4, -0.2) is 49.0 Å². The van der Waals surface area contributed by atoms with Crippen molar-refractivity contribution in [2.45, 2.75) is 13.8 Å². The van der Waals surface area contributed by atoms with Crippen LogP contribution in [0.5, 0.6) is 5.75 Å². The van der Waals surface area contributed by atoms with Gasteiger partial charge in [0.2, 0.25) is 5.91 Å². The molecule has 120 valence electrons. The molecule has 0 atom stereocenters. The topological polar surface area (TPSA) is 75.9 Å². The maximum absolute atomic E-state index is 12.2. The lowest BCUT2D eigenvalue weighted by atomic mass is 10.1. The number of anilines is 1. The highest BCUT2D eigenvalue weighted by Crippen LogP contribution is 2.37. The van der Waals surface area contributed by atoms with Gasteiger partial charge in [0.25, 0.3) is 0 Å². The van der Waals surface area contributed by atoms with Gasteiger partial charge in [-0.25, -0.2) is 0 Å². The van der Waals surface area contributed by atoms with Gasteiger partial charge in [-0.3, -0.25) is 14.9 Å². The molecular weight excluding hydrogens is 286 g/mol. The van der Waals surface area contributed by atoms with Gasteiger partial charge in [0, 0.05) is 19.6 Å². The fourth-order valence-corrected chi connectivity index (χ4v) is 2.66. The number of hydrogen-bond acceptors (Lipinski definition) is 5. The average molecular weight is 307 g/mol. The Morgan fingerprint density at radius 2 is 2.09 bits per heavy atom. The third-order valence-corrected chi connectivity index (χ3v) is 3.63. The zero-order valence-electron chi connectivity index (χ0n) is 13.1. The SMILES string of the molecule is COc1cccc(N2CCN(CC(C)C)C(=O)C2)c1[N+](=O)[O-]. The summed E-state index contributed by atoms with van der Waals surface area (Å²) in [5.74, 6) is 0.610. The van der Waals surface area contributed by atoms with Gasteiger partial charge in [-0.2, -0.15) is 0 Å². The van der Waals surface area contributed by atoms with E-state index in [1.807, 2.05) is 4.90 Å². The van der Waals surface area contributed by atoms with Crippen molar-refractivity contribution >= 4 is 17.3 Å². The largest absolute Gasteiger partial charge is 0.490 e. The molecule has 1 fully saturated rings. The maximum Gasteiger partial charge on any atom is 0.333 e. The van der Waals surface area contributed by atoms with Gasteiger partial charge < -0.3 is 14.5 Å². The maximum atomic E-state index is 12.2. The van der Waals surface area contributed by atoms with E-state index in [2.05, 4.69) is 13.8 Å². The summed E-state index contributed by atoms with van der Waals surface area (Å²) in [6, 6.07) is 4.91. The normalized spacial score (nSPS) is 15.4. The van der Waals surface area contributed by atoms with Crippen LogP contribution >= 0.6 is 0 Å². The van der Waals surface area contributed by atoms with Crippen LogP contribution in [0.15, 0.2) is 18.2 Å². The zero-order valence-corrected chi connectivity index (χ0v) is 13.1. The quantitative estimate of drug-likeness (QED) is 0.613. The second-order valence-electron chi connectivity index (χ2n) is 5.74. The number of ether oxygens (including phenoxy) is 1. The molecule has 7 heteroatoms. The summed E-state index contributed by atoms with van der Waals surface area (Å²) in [5.41, 5.74) is 0.344. The highest BCUT2D eigenvalue weighted by Gasteiger charge is 2.30. The number of rotatable bonds is 5. The lowest BCUT2D eigenvalue weighted by Gasteiger charge is -2.36. The van der Waals surface area contributed by atoms with Crippen molar-refractivity contribution in [2.24, 2.45) is 5.92 Å². The highest BCUT2D eigenvalue weighted by molar-refractivity contribution is 5.84. The number of para-hydroxylation sites is 1. The number of nitro groups is 1. The van der Waals surface area contributed by atoms with Gasteiger partial charge in [-0.1, -0.05) is 19.9 Å². The Labute approximate surface area is 129 Å². The first-order chi connectivity index (χ1) is 10.4. The van der Waals surface area contributed by atoms with Crippen molar-refractivity contribution < 1.29 is 14.5 Å². The average Bonchev–Trinajstić information content (AvgIpc) is 2.47. The number of benzene rings is 1. The number of piperazine rings is 1. The molecule has 1 aliphatic heterocycles. The zero-order chi connectivity index (χ0) is 16.3. The van der Waals surface area contributed by atoms with Crippen molar-refractivity contribution in [1.29, 1.82) is 0 Å². The fraction of sp³-hybridized carbons (Fsp3) is 0.533. The third kappa shape index (κ3) is 3.29. The lowest BCUT2D eigenvalue weighted by molar-refractivity contribution is -0.385. The van der Waals surface area contributed by atoms with Gasteiger partial charge in [0.05, 0.1) is 18.6 Å². The Bertz CT molecular complexity index is 574. The molecule has 0 unspecified atom stereocenters. The minimum Gasteiger partial charge on any atom is -0.490 e. The molecule has 0 aromatic heterocycles. The van der Waals surface area contributed by atoms with E-state index in [0.29, 0.717) is 31.2 Å². The number of hydrogen-bond donors (Lipinski definition) is 0. The van der Waals surface area contributed by atoms with E-state index in [4.69, 9.17) is 4.74 Å². The summed E-state index contributed by atoms with van der Waals surface area (Å²) in [5, 5.41) is 11.3. The van der Waals surface area contributed by atoms with Crippen LogP contribution in [0.4, 0.5) is 11.4 Å². The molecule has 0 aliphatic carbocycles. The van der Waals surface area contributed by atoms with Crippen molar-refractivity contribution in [3.63, 3.8) is 0 Å². The predicted molar refractivity (Wildman–Crippen MR) is 83.3 cm³/mol. The van der Waals surface area contributed by atoms with E-state index < -0.39 is 4.92 Å². The summed E-state index contributed by atoms with van der Waals surface area (Å²) in [4.78, 5) is 26.7. The molecule has 0 saturated carbocycles. The molecule has 7 nitrogen and oxygen atoms in total. The first kappa shape index (κ1) is 16.1. The number of nitro benzene ring substituents is 1. The molecule has 0 spiro atoms. The van der Waals surface area contributed by atoms with Gasteiger partial charge >= 0.3 is 5.69 Å². The molecule has 1 aliphatic rings. The Morgan fingerprint density at radius 1 is 1.36 bits per heavy atom. The number of amides is 1. The Balaban J connectivity index is 2.24. The van der Waals surface area contributed by atoms with Crippen LogP contribution in [-0.2, 0) is 4.79 Å². The van der Waals surface area contributed by atoms with Gasteiger partial charge in [0.1, 0.15) is 5.69 Å². The van der Waals surface area contributed by atoms with Crippen LogP contribution in [0.25, 0.3) is 0 Å². The van der Waals surface area contributed by atoms with E-state index in [1.54, 1.807) is 23.1 Å². The van der Waals surface area contributed by atoms with E-state index in [-0.39, 0.29) is 23.9 Å². The summed E-state index contributed by atoms with van der Waals surface area (Å²) in [6.45, 7) is 6.14. The van der Waals surface area contributed by atoms with Crippen molar-refractivity contribution in [2.75, 3.05) is 38.2 Å². The second-order valence-corrected chi connectivity index (χ2v) is 5.74. The summed E-state index contributed by atoms with van der Waals surface area (Å²) in [6.07, 6.45) is 0. The standard InChI is InChI=1S/C15H21N3O4/c1-11(2)9-17-8-7-16(10-14(17)19)12-5-4-6-13(22-3)15(12)18(20)21/h4-6,11H,7-10H2,1-3H3. The molecule has 0 bridgehead atoms. The van der Waals surface area contributed by atoms with E-state index in [1.165, 1.54) is 7.11 Å². The summed E-state index contributed by atoms with van der Waals surface area (Å²) >= 11 is 0. The van der Waals surface area contributed by atoms with E-state index in [0.717, 1.165) is 0 Å². The molecule has 22 heavy (non-hydrogen) atoms. The molecule has 0 radical (unpaired) electrons. The van der Waals surface area contributed by atoms with Crippen LogP contribution in [0.3, 0.4) is 0 Å². The third-order valence-electron chi connectivity index (χ3n) is 3.63. The van der Waals surface area contributed by atoms with Gasteiger partial charge in [0.15, 0.2) is 5.75 Å². The van der Waals surface area contributed by atoms with Crippen molar-refractivity contribution in [3.05, 3.63) is 28.3 Å². The van der Waals surface area contributed by atoms with Crippen molar-refractivity contribution in [1.82, 2.24) is 4.90 Å². The molecule has 2 rings (SSSR count). The molecule has 1 heterocycles. The van der Waals surface area contributed by atoms with Gasteiger partial charge in [-0.05, 0) is 18.1 Å². The number of methoxy groups -OCH3 is 1. The fourth-order valence-electron chi connectivity index (χ4n) is 2.66. The van der Waals surface area contributed by atoms with Gasteiger partial charge in [-0.15, -0.1) is 0 Å². The van der Waals surface area contributed by atoms with Crippen molar-refractivity contribution in [3.8, 4) is 5.75 Å². The first-order valence-corrected chi connectivity index (χ1v) is 7.28. The van der Waals surface area contributed by atoms with E-state index in [9.17, 15) is 14.9 Å². The number of carbonyl (C=O) groups is 1. The van der Waals surface area contributed by atoms with Crippen LogP contribution < -0.4 is 9.64 Å².